The van der Waals surface area contributed by atoms with Gasteiger partial charge in [-0.05, 0) is 24.4 Å². The molecule has 0 saturated carbocycles. The summed E-state index contributed by atoms with van der Waals surface area (Å²) in [6.07, 6.45) is 3.63. The highest BCUT2D eigenvalue weighted by Gasteiger charge is 2.03. The number of hydrogen-bond donors (Lipinski definition) is 0. The Bertz CT molecular complexity index is 640. The number of aryl methyl sites for hydroxylation is 1. The van der Waals surface area contributed by atoms with E-state index in [-0.39, 0.29) is 0 Å². The second-order valence-corrected chi connectivity index (χ2v) is 3.76. The lowest BCUT2D eigenvalue weighted by atomic mass is 10.2. The van der Waals surface area contributed by atoms with Crippen LogP contribution < -0.4 is 0 Å². The van der Waals surface area contributed by atoms with Gasteiger partial charge in [-0.1, -0.05) is 18.2 Å². The molecule has 0 atom stereocenters. The summed E-state index contributed by atoms with van der Waals surface area (Å²) in [6.45, 7) is 1.97. The molecule has 78 valence electrons. The van der Waals surface area contributed by atoms with Crippen LogP contribution in [0, 0.1) is 6.92 Å². The van der Waals surface area contributed by atoms with Gasteiger partial charge in [0, 0.05) is 18.0 Å². The molecule has 0 N–H and O–H groups in total. The molecule has 0 amide bonds. The minimum absolute atomic E-state index is 0.911. The van der Waals surface area contributed by atoms with Crippen LogP contribution in [-0.2, 0) is 0 Å². The van der Waals surface area contributed by atoms with Crippen LogP contribution in [-0.4, -0.2) is 14.5 Å². The van der Waals surface area contributed by atoms with Crippen molar-refractivity contribution in [3.63, 3.8) is 0 Å². The summed E-state index contributed by atoms with van der Waals surface area (Å²) in [5.74, 6) is 0.911. The zero-order chi connectivity index (χ0) is 11.0. The van der Waals surface area contributed by atoms with Crippen molar-refractivity contribution in [1.82, 2.24) is 14.5 Å². The van der Waals surface area contributed by atoms with Gasteiger partial charge >= 0.3 is 0 Å². The average molecular weight is 209 g/mol. The fraction of sp³-hybridized carbons (Fsp3) is 0.0769. The zero-order valence-corrected chi connectivity index (χ0v) is 8.96. The third-order valence-corrected chi connectivity index (χ3v) is 2.64. The number of nitrogens with zero attached hydrogens (tertiary/aromatic N) is 3. The Morgan fingerprint density at radius 2 is 1.94 bits per heavy atom. The lowest BCUT2D eigenvalue weighted by Gasteiger charge is -2.04. The van der Waals surface area contributed by atoms with Gasteiger partial charge in [0.1, 0.15) is 12.1 Å². The maximum Gasteiger partial charge on any atom is 0.140 e. The zero-order valence-electron chi connectivity index (χ0n) is 8.96. The van der Waals surface area contributed by atoms with Gasteiger partial charge in [0.2, 0.25) is 0 Å². The van der Waals surface area contributed by atoms with Crippen molar-refractivity contribution in [2.75, 3.05) is 0 Å². The van der Waals surface area contributed by atoms with E-state index in [2.05, 4.69) is 32.7 Å². The molecule has 1 aromatic carbocycles. The van der Waals surface area contributed by atoms with Crippen LogP contribution in [0.25, 0.3) is 16.7 Å². The number of benzene rings is 1. The predicted molar refractivity (Wildman–Crippen MR) is 63.6 cm³/mol. The number of para-hydroxylation sites is 1. The molecular weight excluding hydrogens is 198 g/mol. The maximum absolute atomic E-state index is 4.28. The molecule has 0 aliphatic heterocycles. The molecular formula is C13H11N3. The Morgan fingerprint density at radius 3 is 2.81 bits per heavy atom. The molecule has 2 heterocycles. The largest absolute Gasteiger partial charge is 0.301 e. The van der Waals surface area contributed by atoms with Crippen molar-refractivity contribution >= 4 is 10.9 Å². The van der Waals surface area contributed by atoms with E-state index in [0.29, 0.717) is 0 Å². The minimum atomic E-state index is 0.911. The smallest absolute Gasteiger partial charge is 0.140 e. The van der Waals surface area contributed by atoms with Crippen LogP contribution >= 0.6 is 0 Å². The van der Waals surface area contributed by atoms with Crippen molar-refractivity contribution < 1.29 is 0 Å². The second-order valence-electron chi connectivity index (χ2n) is 3.76. The lowest BCUT2D eigenvalue weighted by molar-refractivity contribution is 0.989. The predicted octanol–water partition coefficient (Wildman–Crippen LogP) is 2.73. The first-order valence-electron chi connectivity index (χ1n) is 5.20. The SMILES string of the molecule is Cc1cc(-n2ccc3ccccc32)ncn1. The fourth-order valence-corrected chi connectivity index (χ4v) is 1.85. The first-order chi connectivity index (χ1) is 7.84. The Morgan fingerprint density at radius 1 is 1.06 bits per heavy atom. The van der Waals surface area contributed by atoms with Crippen LogP contribution in [0.1, 0.15) is 5.69 Å². The summed E-state index contributed by atoms with van der Waals surface area (Å²) in [4.78, 5) is 8.39. The molecule has 0 aliphatic carbocycles. The summed E-state index contributed by atoms with van der Waals surface area (Å²) >= 11 is 0. The standard InChI is InChI=1S/C13H11N3/c1-10-8-13(15-9-14-10)16-7-6-11-4-2-3-5-12(11)16/h2-9H,1H3. The highest BCUT2D eigenvalue weighted by molar-refractivity contribution is 5.81. The van der Waals surface area contributed by atoms with E-state index in [1.165, 1.54) is 10.9 Å². The molecule has 16 heavy (non-hydrogen) atoms. The van der Waals surface area contributed by atoms with Crippen molar-refractivity contribution in [3.8, 4) is 5.82 Å². The van der Waals surface area contributed by atoms with Crippen LogP contribution in [0.2, 0.25) is 0 Å². The van der Waals surface area contributed by atoms with E-state index in [0.717, 1.165) is 11.5 Å². The number of rotatable bonds is 1. The van der Waals surface area contributed by atoms with Gasteiger partial charge in [-0.3, -0.25) is 0 Å². The molecule has 0 spiro atoms. The normalized spacial score (nSPS) is 10.8. The topological polar surface area (TPSA) is 30.7 Å². The molecule has 2 aromatic heterocycles. The van der Waals surface area contributed by atoms with E-state index in [1.807, 2.05) is 31.3 Å². The molecule has 3 heteroatoms. The Labute approximate surface area is 93.4 Å². The molecule has 3 aromatic rings. The van der Waals surface area contributed by atoms with Crippen LogP contribution in [0.15, 0.2) is 48.9 Å². The summed E-state index contributed by atoms with van der Waals surface area (Å²) in [5, 5.41) is 1.22. The van der Waals surface area contributed by atoms with Gasteiger partial charge in [-0.2, -0.15) is 0 Å². The summed E-state index contributed by atoms with van der Waals surface area (Å²) in [5.41, 5.74) is 2.14. The van der Waals surface area contributed by atoms with E-state index >= 15 is 0 Å². The first kappa shape index (κ1) is 9.09. The highest BCUT2D eigenvalue weighted by Crippen LogP contribution is 2.18. The van der Waals surface area contributed by atoms with Crippen LogP contribution in [0.4, 0.5) is 0 Å². The quantitative estimate of drug-likeness (QED) is 0.617. The number of fused-ring (bicyclic) bond motifs is 1. The maximum atomic E-state index is 4.28. The van der Waals surface area contributed by atoms with E-state index in [4.69, 9.17) is 0 Å². The van der Waals surface area contributed by atoms with Gasteiger partial charge in [0.05, 0.1) is 5.52 Å². The van der Waals surface area contributed by atoms with Crippen molar-refractivity contribution in [1.29, 1.82) is 0 Å². The van der Waals surface area contributed by atoms with Gasteiger partial charge in [-0.25, -0.2) is 9.97 Å². The van der Waals surface area contributed by atoms with E-state index < -0.39 is 0 Å². The molecule has 0 fully saturated rings. The average Bonchev–Trinajstić information content (AvgIpc) is 2.72. The molecule has 0 aliphatic rings. The molecule has 0 unspecified atom stereocenters. The van der Waals surface area contributed by atoms with Gasteiger partial charge in [0.25, 0.3) is 0 Å². The van der Waals surface area contributed by atoms with Crippen molar-refractivity contribution in [3.05, 3.63) is 54.6 Å². The monoisotopic (exact) mass is 209 g/mol. The summed E-state index contributed by atoms with van der Waals surface area (Å²) in [7, 11) is 0. The minimum Gasteiger partial charge on any atom is -0.301 e. The Balaban J connectivity index is 2.26. The Kier molecular flexibility index (Phi) is 1.96. The van der Waals surface area contributed by atoms with Crippen molar-refractivity contribution in [2.45, 2.75) is 6.92 Å². The number of aromatic nitrogens is 3. The molecule has 0 saturated heterocycles. The molecule has 3 rings (SSSR count). The second kappa shape index (κ2) is 3.45. The third kappa shape index (κ3) is 1.37. The van der Waals surface area contributed by atoms with Crippen LogP contribution in [0.5, 0.6) is 0 Å². The van der Waals surface area contributed by atoms with Crippen LogP contribution in [0.3, 0.4) is 0 Å². The van der Waals surface area contributed by atoms with Crippen molar-refractivity contribution in [2.24, 2.45) is 0 Å². The first-order valence-corrected chi connectivity index (χ1v) is 5.20. The highest BCUT2D eigenvalue weighted by atomic mass is 15.1. The summed E-state index contributed by atoms with van der Waals surface area (Å²) < 4.78 is 2.07. The Hall–Kier alpha value is -2.16. The lowest BCUT2D eigenvalue weighted by Crippen LogP contribution is -1.97. The van der Waals surface area contributed by atoms with Gasteiger partial charge in [-0.15, -0.1) is 0 Å². The fourth-order valence-electron chi connectivity index (χ4n) is 1.85. The summed E-state index contributed by atoms with van der Waals surface area (Å²) in [6, 6.07) is 12.3. The third-order valence-electron chi connectivity index (χ3n) is 2.64. The van der Waals surface area contributed by atoms with Gasteiger partial charge in [0.15, 0.2) is 0 Å². The molecule has 0 bridgehead atoms. The number of hydrogen-bond acceptors (Lipinski definition) is 2. The van der Waals surface area contributed by atoms with Gasteiger partial charge < -0.3 is 4.57 Å². The molecule has 0 radical (unpaired) electrons. The van der Waals surface area contributed by atoms with E-state index in [9.17, 15) is 0 Å². The van der Waals surface area contributed by atoms with E-state index in [1.54, 1.807) is 6.33 Å². The molecule has 3 nitrogen and oxygen atoms in total.